The summed E-state index contributed by atoms with van der Waals surface area (Å²) in [5.41, 5.74) is 0.382. The number of hydrogen-bond donors (Lipinski definition) is 1. The van der Waals surface area contributed by atoms with Crippen molar-refractivity contribution in [2.45, 2.75) is 37.5 Å². The molecule has 174 valence electrons. The maximum atomic E-state index is 13.2. The van der Waals surface area contributed by atoms with Crippen LogP contribution in [0.5, 0.6) is 11.5 Å². The molecule has 0 unspecified atom stereocenters. The predicted octanol–water partition coefficient (Wildman–Crippen LogP) is 4.91. The van der Waals surface area contributed by atoms with Gasteiger partial charge in [-0.15, -0.1) is 12.4 Å². The lowest BCUT2D eigenvalue weighted by Crippen LogP contribution is -2.44. The summed E-state index contributed by atoms with van der Waals surface area (Å²) in [5.74, 6) is 0.382. The molecule has 4 rings (SSSR count). The van der Waals surface area contributed by atoms with E-state index in [1.54, 1.807) is 18.2 Å². The van der Waals surface area contributed by atoms with Gasteiger partial charge in [0, 0.05) is 29.2 Å². The SMILES string of the molecule is Cl.O=C(O)CCN1CCC2(CC1)COc1cc(OCc3ccccc3C(F)(F)F)ccc12. The van der Waals surface area contributed by atoms with E-state index in [1.807, 2.05) is 6.07 Å². The lowest BCUT2D eigenvalue weighted by atomic mass is 9.74. The molecule has 5 nitrogen and oxygen atoms in total. The molecule has 32 heavy (non-hydrogen) atoms. The lowest BCUT2D eigenvalue weighted by Gasteiger charge is -2.38. The van der Waals surface area contributed by atoms with Crippen LogP contribution in [0.3, 0.4) is 0 Å². The van der Waals surface area contributed by atoms with E-state index in [-0.39, 0.29) is 36.4 Å². The molecule has 1 spiro atoms. The molecule has 0 aliphatic carbocycles. The van der Waals surface area contributed by atoms with Gasteiger partial charge in [0.05, 0.1) is 18.6 Å². The molecule has 2 aliphatic rings. The maximum absolute atomic E-state index is 13.2. The monoisotopic (exact) mass is 471 g/mol. The number of carbonyl (C=O) groups is 1. The van der Waals surface area contributed by atoms with E-state index in [4.69, 9.17) is 14.6 Å². The second-order valence-corrected chi connectivity index (χ2v) is 8.16. The largest absolute Gasteiger partial charge is 0.492 e. The number of benzene rings is 2. The third-order valence-corrected chi connectivity index (χ3v) is 6.20. The fourth-order valence-corrected chi connectivity index (χ4v) is 4.40. The van der Waals surface area contributed by atoms with Crippen molar-refractivity contribution in [2.24, 2.45) is 0 Å². The van der Waals surface area contributed by atoms with Gasteiger partial charge in [-0.2, -0.15) is 13.2 Å². The molecule has 0 amide bonds. The number of rotatable bonds is 6. The molecule has 2 aromatic rings. The van der Waals surface area contributed by atoms with Gasteiger partial charge in [-0.05, 0) is 38.1 Å². The standard InChI is InChI=1S/C23H24F3NO4.ClH/c24-23(25,26)18-4-2-1-3-16(18)14-30-17-5-6-19-20(13-17)31-15-22(19)8-11-27(12-9-22)10-7-21(28)29;/h1-6,13H,7-12,14-15H2,(H,28,29);1H. The Morgan fingerprint density at radius 2 is 1.88 bits per heavy atom. The fourth-order valence-electron chi connectivity index (χ4n) is 4.40. The first kappa shape index (κ1) is 24.2. The highest BCUT2D eigenvalue weighted by Gasteiger charge is 2.43. The molecular weight excluding hydrogens is 447 g/mol. The molecule has 9 heteroatoms. The van der Waals surface area contributed by atoms with Crippen molar-refractivity contribution in [1.82, 2.24) is 4.90 Å². The second-order valence-electron chi connectivity index (χ2n) is 8.16. The van der Waals surface area contributed by atoms with Crippen molar-refractivity contribution < 1.29 is 32.5 Å². The van der Waals surface area contributed by atoms with Gasteiger partial charge in [0.2, 0.25) is 0 Å². The number of hydrogen-bond acceptors (Lipinski definition) is 4. The number of likely N-dealkylation sites (tertiary alicyclic amines) is 1. The van der Waals surface area contributed by atoms with E-state index in [1.165, 1.54) is 12.1 Å². The van der Waals surface area contributed by atoms with Gasteiger partial charge in [0.25, 0.3) is 0 Å². The Kier molecular flexibility index (Phi) is 7.25. The van der Waals surface area contributed by atoms with Crippen LogP contribution < -0.4 is 9.47 Å². The van der Waals surface area contributed by atoms with Gasteiger partial charge >= 0.3 is 12.1 Å². The van der Waals surface area contributed by atoms with Crippen LogP contribution >= 0.6 is 12.4 Å². The molecule has 0 aromatic heterocycles. The Labute approximate surface area is 190 Å². The minimum absolute atomic E-state index is 0. The van der Waals surface area contributed by atoms with Gasteiger partial charge in [0.1, 0.15) is 18.1 Å². The Morgan fingerprint density at radius 3 is 2.56 bits per heavy atom. The number of aliphatic carboxylic acids is 1. The number of piperidine rings is 1. The second kappa shape index (κ2) is 9.58. The third kappa shape index (κ3) is 5.13. The zero-order valence-electron chi connectivity index (χ0n) is 17.4. The first-order valence-electron chi connectivity index (χ1n) is 10.3. The summed E-state index contributed by atoms with van der Waals surface area (Å²) >= 11 is 0. The molecule has 2 heterocycles. The minimum Gasteiger partial charge on any atom is -0.492 e. The molecule has 2 aromatic carbocycles. The number of carboxylic acids is 1. The normalized spacial score (nSPS) is 17.3. The Morgan fingerprint density at radius 1 is 1.16 bits per heavy atom. The van der Waals surface area contributed by atoms with Gasteiger partial charge < -0.3 is 19.5 Å². The zero-order valence-corrected chi connectivity index (χ0v) is 18.2. The molecule has 0 bridgehead atoms. The summed E-state index contributed by atoms with van der Waals surface area (Å²) in [7, 11) is 0. The predicted molar refractivity (Wildman–Crippen MR) is 115 cm³/mol. The molecule has 1 saturated heterocycles. The Bertz CT molecular complexity index is 958. The van der Waals surface area contributed by atoms with Crippen molar-refractivity contribution in [1.29, 1.82) is 0 Å². The number of carboxylic acid groups (broad SMARTS) is 1. The van der Waals surface area contributed by atoms with Gasteiger partial charge in [-0.1, -0.05) is 24.3 Å². The van der Waals surface area contributed by atoms with Crippen molar-refractivity contribution in [3.63, 3.8) is 0 Å². The molecule has 0 atom stereocenters. The highest BCUT2D eigenvalue weighted by atomic mass is 35.5. The van der Waals surface area contributed by atoms with Crippen molar-refractivity contribution in [3.05, 3.63) is 59.2 Å². The van der Waals surface area contributed by atoms with Gasteiger partial charge in [-0.25, -0.2) is 0 Å². The van der Waals surface area contributed by atoms with Crippen LogP contribution in [-0.2, 0) is 23.0 Å². The number of nitrogens with zero attached hydrogens (tertiary/aromatic N) is 1. The summed E-state index contributed by atoms with van der Waals surface area (Å²) in [6, 6.07) is 10.9. The van der Waals surface area contributed by atoms with E-state index in [2.05, 4.69) is 4.90 Å². The highest BCUT2D eigenvalue weighted by Crippen LogP contribution is 2.46. The van der Waals surface area contributed by atoms with E-state index >= 15 is 0 Å². The van der Waals surface area contributed by atoms with Crippen molar-refractivity contribution >= 4 is 18.4 Å². The number of alkyl halides is 3. The highest BCUT2D eigenvalue weighted by molar-refractivity contribution is 5.85. The summed E-state index contributed by atoms with van der Waals surface area (Å²) in [6.07, 6.45) is -2.54. The van der Waals surface area contributed by atoms with Crippen molar-refractivity contribution in [2.75, 3.05) is 26.2 Å². The summed E-state index contributed by atoms with van der Waals surface area (Å²) in [5, 5.41) is 8.86. The Hall–Kier alpha value is -2.45. The van der Waals surface area contributed by atoms with Crippen LogP contribution in [0.2, 0.25) is 0 Å². The maximum Gasteiger partial charge on any atom is 0.416 e. The average Bonchev–Trinajstić information content (AvgIpc) is 3.09. The number of ether oxygens (including phenoxy) is 2. The van der Waals surface area contributed by atoms with E-state index < -0.39 is 17.7 Å². The van der Waals surface area contributed by atoms with Gasteiger partial charge in [-0.3, -0.25) is 4.79 Å². The first-order chi connectivity index (χ1) is 14.8. The number of fused-ring (bicyclic) bond motifs is 2. The van der Waals surface area contributed by atoms with Crippen LogP contribution in [-0.4, -0.2) is 42.2 Å². The molecule has 0 radical (unpaired) electrons. The minimum atomic E-state index is -4.42. The summed E-state index contributed by atoms with van der Waals surface area (Å²) in [6.45, 7) is 2.53. The molecule has 0 saturated carbocycles. The van der Waals surface area contributed by atoms with E-state index in [0.717, 1.165) is 37.6 Å². The fraction of sp³-hybridized carbons (Fsp3) is 0.435. The van der Waals surface area contributed by atoms with Crippen LogP contribution in [0, 0.1) is 0 Å². The molecular formula is C23H25ClF3NO4. The summed E-state index contributed by atoms with van der Waals surface area (Å²) in [4.78, 5) is 12.9. The van der Waals surface area contributed by atoms with E-state index in [0.29, 0.717) is 24.7 Å². The topological polar surface area (TPSA) is 59.0 Å². The molecule has 1 N–H and O–H groups in total. The average molecular weight is 472 g/mol. The zero-order chi connectivity index (χ0) is 22.1. The van der Waals surface area contributed by atoms with E-state index in [9.17, 15) is 18.0 Å². The summed E-state index contributed by atoms with van der Waals surface area (Å²) < 4.78 is 51.1. The lowest BCUT2D eigenvalue weighted by molar-refractivity contribution is -0.139. The molecule has 2 aliphatic heterocycles. The quantitative estimate of drug-likeness (QED) is 0.649. The smallest absolute Gasteiger partial charge is 0.416 e. The van der Waals surface area contributed by atoms with Crippen LogP contribution in [0.15, 0.2) is 42.5 Å². The third-order valence-electron chi connectivity index (χ3n) is 6.20. The number of halogens is 4. The van der Waals surface area contributed by atoms with Crippen LogP contribution in [0.25, 0.3) is 0 Å². The van der Waals surface area contributed by atoms with Crippen molar-refractivity contribution in [3.8, 4) is 11.5 Å². The molecule has 1 fully saturated rings. The van der Waals surface area contributed by atoms with Crippen LogP contribution in [0.4, 0.5) is 13.2 Å². The van der Waals surface area contributed by atoms with Gasteiger partial charge in [0.15, 0.2) is 0 Å². The van der Waals surface area contributed by atoms with Crippen LogP contribution in [0.1, 0.15) is 36.0 Å². The first-order valence-corrected chi connectivity index (χ1v) is 10.3. The Balaban J connectivity index is 0.00000289.